The van der Waals surface area contributed by atoms with E-state index < -0.39 is 0 Å². The molecular weight excluding hydrogens is 357 g/mol. The van der Waals surface area contributed by atoms with E-state index in [4.69, 9.17) is 16.3 Å². The minimum Gasteiger partial charge on any atom is -0.495 e. The lowest BCUT2D eigenvalue weighted by Gasteiger charge is -2.09. The number of anilines is 1. The average Bonchev–Trinajstić information content (AvgIpc) is 2.90. The normalized spacial score (nSPS) is 10.7. The van der Waals surface area contributed by atoms with Crippen LogP contribution in [-0.2, 0) is 0 Å². The van der Waals surface area contributed by atoms with Gasteiger partial charge in [-0.15, -0.1) is 0 Å². The lowest BCUT2D eigenvalue weighted by Crippen LogP contribution is -2.14. The largest absolute Gasteiger partial charge is 0.495 e. The maximum Gasteiger partial charge on any atom is 0.259 e. The number of hydrogen-bond acceptors (Lipinski definition) is 3. The number of nitrogens with one attached hydrogen (secondary N) is 1. The molecule has 0 fully saturated rings. The topological polar surface area (TPSA) is 56.1 Å². The van der Waals surface area contributed by atoms with Crippen LogP contribution >= 0.6 is 11.6 Å². The lowest BCUT2D eigenvalue weighted by molar-refractivity contribution is 0.102. The molecule has 0 atom stereocenters. The van der Waals surface area contributed by atoms with Gasteiger partial charge in [0.05, 0.1) is 34.8 Å². The molecule has 1 aromatic heterocycles. The van der Waals surface area contributed by atoms with Gasteiger partial charge in [-0.1, -0.05) is 11.6 Å². The van der Waals surface area contributed by atoms with E-state index in [2.05, 4.69) is 10.4 Å². The second-order valence-electron chi connectivity index (χ2n) is 5.74. The Morgan fingerprint density at radius 1 is 1.19 bits per heavy atom. The van der Waals surface area contributed by atoms with Crippen LogP contribution in [0.2, 0.25) is 5.02 Å². The zero-order chi connectivity index (χ0) is 18.8. The van der Waals surface area contributed by atoms with Crippen molar-refractivity contribution in [3.8, 4) is 11.4 Å². The fraction of sp³-hybridized carbons (Fsp3) is 0.158. The molecule has 0 aliphatic carbocycles. The SMILES string of the molecule is COc1ccc(NC(=O)c2c(C)nn(-c3ccc(F)cc3)c2C)cc1Cl. The highest BCUT2D eigenvalue weighted by Crippen LogP contribution is 2.28. The number of rotatable bonds is 4. The van der Waals surface area contributed by atoms with Crippen LogP contribution in [0, 0.1) is 19.7 Å². The predicted molar refractivity (Wildman–Crippen MR) is 99.0 cm³/mol. The van der Waals surface area contributed by atoms with Gasteiger partial charge in [0.25, 0.3) is 5.91 Å². The van der Waals surface area contributed by atoms with Crippen molar-refractivity contribution in [3.05, 3.63) is 70.3 Å². The number of nitrogens with zero attached hydrogens (tertiary/aromatic N) is 2. The summed E-state index contributed by atoms with van der Waals surface area (Å²) in [6.07, 6.45) is 0. The zero-order valence-electron chi connectivity index (χ0n) is 14.5. The van der Waals surface area contributed by atoms with E-state index in [-0.39, 0.29) is 11.7 Å². The van der Waals surface area contributed by atoms with E-state index in [1.54, 1.807) is 48.9 Å². The number of aryl methyl sites for hydroxylation is 1. The average molecular weight is 374 g/mol. The van der Waals surface area contributed by atoms with Crippen LogP contribution in [0.25, 0.3) is 5.69 Å². The van der Waals surface area contributed by atoms with Crippen molar-refractivity contribution in [2.24, 2.45) is 0 Å². The number of methoxy groups -OCH3 is 1. The van der Waals surface area contributed by atoms with E-state index in [1.807, 2.05) is 0 Å². The summed E-state index contributed by atoms with van der Waals surface area (Å²) >= 11 is 6.10. The summed E-state index contributed by atoms with van der Waals surface area (Å²) in [5, 5.41) is 7.62. The summed E-state index contributed by atoms with van der Waals surface area (Å²) in [6.45, 7) is 3.54. The molecule has 26 heavy (non-hydrogen) atoms. The Kier molecular flexibility index (Phi) is 4.95. The first-order valence-electron chi connectivity index (χ1n) is 7.87. The zero-order valence-corrected chi connectivity index (χ0v) is 15.3. The fourth-order valence-electron chi connectivity index (χ4n) is 2.74. The quantitative estimate of drug-likeness (QED) is 0.730. The fourth-order valence-corrected chi connectivity index (χ4v) is 3.00. The summed E-state index contributed by atoms with van der Waals surface area (Å²) in [6, 6.07) is 10.9. The van der Waals surface area contributed by atoms with Gasteiger partial charge >= 0.3 is 0 Å². The molecule has 3 rings (SSSR count). The second-order valence-corrected chi connectivity index (χ2v) is 6.14. The molecule has 0 spiro atoms. The number of carbonyl (C=O) groups is 1. The monoisotopic (exact) mass is 373 g/mol. The molecule has 1 heterocycles. The van der Waals surface area contributed by atoms with Crippen molar-refractivity contribution in [2.75, 3.05) is 12.4 Å². The van der Waals surface area contributed by atoms with Gasteiger partial charge < -0.3 is 10.1 Å². The molecule has 0 radical (unpaired) electrons. The Morgan fingerprint density at radius 2 is 1.88 bits per heavy atom. The molecule has 1 N–H and O–H groups in total. The molecular formula is C19H17ClFN3O2. The van der Waals surface area contributed by atoms with Crippen molar-refractivity contribution >= 4 is 23.2 Å². The van der Waals surface area contributed by atoms with Crippen LogP contribution in [0.1, 0.15) is 21.7 Å². The van der Waals surface area contributed by atoms with Crippen molar-refractivity contribution in [2.45, 2.75) is 13.8 Å². The van der Waals surface area contributed by atoms with Crippen LogP contribution in [-0.4, -0.2) is 22.8 Å². The molecule has 134 valence electrons. The Bertz CT molecular complexity index is 968. The first kappa shape index (κ1) is 17.9. The molecule has 3 aromatic rings. The molecule has 0 unspecified atom stereocenters. The van der Waals surface area contributed by atoms with Crippen LogP contribution in [0.3, 0.4) is 0 Å². The van der Waals surface area contributed by atoms with Crippen molar-refractivity contribution in [1.29, 1.82) is 0 Å². The Balaban J connectivity index is 1.90. The van der Waals surface area contributed by atoms with Gasteiger partial charge in [0, 0.05) is 5.69 Å². The molecule has 2 aromatic carbocycles. The van der Waals surface area contributed by atoms with Gasteiger partial charge in [-0.3, -0.25) is 4.79 Å². The third kappa shape index (κ3) is 3.41. The minimum atomic E-state index is -0.329. The van der Waals surface area contributed by atoms with Crippen molar-refractivity contribution in [1.82, 2.24) is 9.78 Å². The highest BCUT2D eigenvalue weighted by molar-refractivity contribution is 6.32. The van der Waals surface area contributed by atoms with Crippen molar-refractivity contribution in [3.63, 3.8) is 0 Å². The number of amides is 1. The van der Waals surface area contributed by atoms with Gasteiger partial charge in [0.2, 0.25) is 0 Å². The standard InChI is InChI=1S/C19H17ClFN3O2/c1-11-18(12(2)24(23-11)15-7-4-13(21)5-8-15)19(25)22-14-6-9-17(26-3)16(20)10-14/h4-10H,1-3H3,(H,22,25). The number of hydrogen-bond donors (Lipinski definition) is 1. The molecule has 0 saturated carbocycles. The maximum atomic E-state index is 13.1. The van der Waals surface area contributed by atoms with Crippen molar-refractivity contribution < 1.29 is 13.9 Å². The molecule has 5 nitrogen and oxygen atoms in total. The van der Waals surface area contributed by atoms with Gasteiger partial charge in [-0.05, 0) is 56.3 Å². The smallest absolute Gasteiger partial charge is 0.259 e. The highest BCUT2D eigenvalue weighted by atomic mass is 35.5. The van der Waals surface area contributed by atoms with Gasteiger partial charge in [0.15, 0.2) is 0 Å². The molecule has 1 amide bonds. The maximum absolute atomic E-state index is 13.1. The van der Waals surface area contributed by atoms with Crippen LogP contribution < -0.4 is 10.1 Å². The Morgan fingerprint density at radius 3 is 2.50 bits per heavy atom. The predicted octanol–water partition coefficient (Wildman–Crippen LogP) is 4.54. The van der Waals surface area contributed by atoms with Crippen LogP contribution in [0.15, 0.2) is 42.5 Å². The number of benzene rings is 2. The van der Waals surface area contributed by atoms with Gasteiger partial charge in [-0.2, -0.15) is 5.10 Å². The minimum absolute atomic E-state index is 0.297. The third-order valence-electron chi connectivity index (χ3n) is 4.00. The second kappa shape index (κ2) is 7.17. The molecule has 7 heteroatoms. The van der Waals surface area contributed by atoms with Crippen LogP contribution in [0.4, 0.5) is 10.1 Å². The molecule has 0 saturated heterocycles. The Hall–Kier alpha value is -2.86. The summed E-state index contributed by atoms with van der Waals surface area (Å²) in [5.74, 6) is -0.0969. The lowest BCUT2D eigenvalue weighted by atomic mass is 10.1. The summed E-state index contributed by atoms with van der Waals surface area (Å²) in [7, 11) is 1.52. The number of ether oxygens (including phenoxy) is 1. The molecule has 0 aliphatic rings. The molecule has 0 aliphatic heterocycles. The van der Waals surface area contributed by atoms with E-state index in [9.17, 15) is 9.18 Å². The number of halogens is 2. The van der Waals surface area contributed by atoms with E-state index in [0.717, 1.165) is 0 Å². The first-order valence-corrected chi connectivity index (χ1v) is 8.25. The Labute approximate surface area is 155 Å². The first-order chi connectivity index (χ1) is 12.4. The summed E-state index contributed by atoms with van der Waals surface area (Å²) in [4.78, 5) is 12.7. The van der Waals surface area contributed by atoms with E-state index >= 15 is 0 Å². The molecule has 0 bridgehead atoms. The summed E-state index contributed by atoms with van der Waals surface area (Å²) < 4.78 is 19.9. The van der Waals surface area contributed by atoms with Crippen LogP contribution in [0.5, 0.6) is 5.75 Å². The van der Waals surface area contributed by atoms with Gasteiger partial charge in [0.1, 0.15) is 11.6 Å². The number of carbonyl (C=O) groups excluding carboxylic acids is 1. The van der Waals surface area contributed by atoms with Gasteiger partial charge in [-0.25, -0.2) is 9.07 Å². The highest BCUT2D eigenvalue weighted by Gasteiger charge is 2.20. The van der Waals surface area contributed by atoms with E-state index in [1.165, 1.54) is 19.2 Å². The van der Waals surface area contributed by atoms with E-state index in [0.29, 0.717) is 39.1 Å². The summed E-state index contributed by atoms with van der Waals surface area (Å²) in [5.41, 5.74) is 2.92. The third-order valence-corrected chi connectivity index (χ3v) is 4.29. The number of aromatic nitrogens is 2.